The monoisotopic (exact) mass is 225 g/mol. The van der Waals surface area contributed by atoms with E-state index in [1.807, 2.05) is 13.1 Å². The van der Waals surface area contributed by atoms with E-state index < -0.39 is 0 Å². The quantitative estimate of drug-likeness (QED) is 0.649. The minimum absolute atomic E-state index is 0.618. The second kappa shape index (κ2) is 8.15. The molecule has 0 aliphatic heterocycles. The van der Waals surface area contributed by atoms with E-state index in [0.29, 0.717) is 19.8 Å². The highest BCUT2D eigenvalue weighted by Crippen LogP contribution is 1.96. The molecule has 0 atom stereocenters. The Balaban J connectivity index is 2.27. The van der Waals surface area contributed by atoms with Gasteiger partial charge in [-0.1, -0.05) is 0 Å². The highest BCUT2D eigenvalue weighted by molar-refractivity contribution is 5.02. The van der Waals surface area contributed by atoms with E-state index in [-0.39, 0.29) is 0 Å². The third kappa shape index (κ3) is 5.16. The van der Waals surface area contributed by atoms with Crippen molar-refractivity contribution in [3.8, 4) is 0 Å². The van der Waals surface area contributed by atoms with E-state index in [1.54, 1.807) is 13.3 Å². The molecular weight excluding hydrogens is 206 g/mol. The van der Waals surface area contributed by atoms with E-state index in [0.717, 1.165) is 24.5 Å². The Hall–Kier alpha value is -1.04. The topological polar surface area (TPSA) is 56.3 Å². The molecule has 0 saturated heterocycles. The molecule has 1 heterocycles. The van der Waals surface area contributed by atoms with Crippen molar-refractivity contribution < 1.29 is 9.47 Å². The zero-order valence-corrected chi connectivity index (χ0v) is 9.90. The number of rotatable bonds is 8. The maximum absolute atomic E-state index is 5.36. The summed E-state index contributed by atoms with van der Waals surface area (Å²) in [7, 11) is 3.56. The predicted molar refractivity (Wildman–Crippen MR) is 61.2 cm³/mol. The van der Waals surface area contributed by atoms with E-state index in [9.17, 15) is 0 Å². The Morgan fingerprint density at radius 1 is 1.31 bits per heavy atom. The molecule has 1 rings (SSSR count). The van der Waals surface area contributed by atoms with Crippen molar-refractivity contribution in [1.82, 2.24) is 15.3 Å². The van der Waals surface area contributed by atoms with E-state index in [4.69, 9.17) is 9.47 Å². The average molecular weight is 225 g/mol. The van der Waals surface area contributed by atoms with Gasteiger partial charge in [-0.2, -0.15) is 0 Å². The lowest BCUT2D eigenvalue weighted by molar-refractivity contribution is 0.0716. The van der Waals surface area contributed by atoms with Crippen LogP contribution < -0.4 is 5.32 Å². The number of aromatic nitrogens is 2. The number of nitrogens with one attached hydrogen (secondary N) is 1. The van der Waals surface area contributed by atoms with Crippen molar-refractivity contribution in [2.75, 3.05) is 34.0 Å². The van der Waals surface area contributed by atoms with E-state index >= 15 is 0 Å². The van der Waals surface area contributed by atoms with Crippen LogP contribution in [0.1, 0.15) is 11.5 Å². The van der Waals surface area contributed by atoms with Crippen LogP contribution in [0.15, 0.2) is 12.3 Å². The van der Waals surface area contributed by atoms with Crippen LogP contribution >= 0.6 is 0 Å². The molecule has 0 bridgehead atoms. The van der Waals surface area contributed by atoms with Crippen LogP contribution in [0.25, 0.3) is 0 Å². The molecule has 0 amide bonds. The molecule has 0 unspecified atom stereocenters. The zero-order valence-electron chi connectivity index (χ0n) is 9.90. The van der Waals surface area contributed by atoms with E-state index in [2.05, 4.69) is 15.3 Å². The van der Waals surface area contributed by atoms with Crippen LogP contribution in [-0.2, 0) is 22.4 Å². The number of methoxy groups -OCH3 is 1. The van der Waals surface area contributed by atoms with Gasteiger partial charge in [0, 0.05) is 26.3 Å². The van der Waals surface area contributed by atoms with Crippen LogP contribution in [0.5, 0.6) is 0 Å². The molecule has 0 spiro atoms. The number of nitrogens with zero attached hydrogens (tertiary/aromatic N) is 2. The maximum Gasteiger partial charge on any atom is 0.130 e. The van der Waals surface area contributed by atoms with Gasteiger partial charge in [0.15, 0.2) is 0 Å². The normalized spacial score (nSPS) is 10.6. The van der Waals surface area contributed by atoms with Gasteiger partial charge in [0.2, 0.25) is 0 Å². The predicted octanol–water partition coefficient (Wildman–Crippen LogP) is 0.401. The summed E-state index contributed by atoms with van der Waals surface area (Å²) < 4.78 is 10.2. The van der Waals surface area contributed by atoms with Gasteiger partial charge in [0.05, 0.1) is 25.5 Å². The van der Waals surface area contributed by atoms with Crippen molar-refractivity contribution in [2.24, 2.45) is 0 Å². The van der Waals surface area contributed by atoms with Gasteiger partial charge in [-0.3, -0.25) is 0 Å². The Kier molecular flexibility index (Phi) is 6.64. The molecule has 5 heteroatoms. The van der Waals surface area contributed by atoms with Gasteiger partial charge in [-0.15, -0.1) is 0 Å². The maximum atomic E-state index is 5.36. The molecule has 0 aliphatic carbocycles. The lowest BCUT2D eigenvalue weighted by Crippen LogP contribution is -2.11. The van der Waals surface area contributed by atoms with Crippen molar-refractivity contribution in [1.29, 1.82) is 0 Å². The molecule has 0 aliphatic rings. The Bertz CT molecular complexity index is 294. The molecule has 0 fully saturated rings. The summed E-state index contributed by atoms with van der Waals surface area (Å²) in [6, 6.07) is 1.91. The summed E-state index contributed by atoms with van der Waals surface area (Å²) in [6.45, 7) is 2.64. The van der Waals surface area contributed by atoms with Gasteiger partial charge in [-0.05, 0) is 13.1 Å². The van der Waals surface area contributed by atoms with Crippen molar-refractivity contribution in [2.45, 2.75) is 13.0 Å². The van der Waals surface area contributed by atoms with E-state index in [1.165, 1.54) is 0 Å². The molecule has 1 aromatic rings. The molecule has 0 radical (unpaired) electrons. The lowest BCUT2D eigenvalue weighted by Gasteiger charge is -2.04. The minimum atomic E-state index is 0.618. The third-order valence-electron chi connectivity index (χ3n) is 2.02. The highest BCUT2D eigenvalue weighted by atomic mass is 16.5. The van der Waals surface area contributed by atoms with Crippen LogP contribution in [0.2, 0.25) is 0 Å². The van der Waals surface area contributed by atoms with Gasteiger partial charge in [0.1, 0.15) is 5.82 Å². The molecule has 1 aromatic heterocycles. The highest BCUT2D eigenvalue weighted by Gasteiger charge is 1.99. The van der Waals surface area contributed by atoms with Crippen molar-refractivity contribution >= 4 is 0 Å². The zero-order chi connectivity index (χ0) is 11.6. The first-order valence-electron chi connectivity index (χ1n) is 5.39. The molecule has 5 nitrogen and oxygen atoms in total. The molecule has 0 saturated carbocycles. The second-order valence-corrected chi connectivity index (χ2v) is 3.35. The third-order valence-corrected chi connectivity index (χ3v) is 2.02. The van der Waals surface area contributed by atoms with Crippen molar-refractivity contribution in [3.63, 3.8) is 0 Å². The molecular formula is C11H19N3O2. The molecule has 1 N–H and O–H groups in total. The van der Waals surface area contributed by atoms with Gasteiger partial charge in [0.25, 0.3) is 0 Å². The number of hydrogen-bond acceptors (Lipinski definition) is 5. The summed E-state index contributed by atoms with van der Waals surface area (Å²) >= 11 is 0. The fraction of sp³-hybridized carbons (Fsp3) is 0.636. The van der Waals surface area contributed by atoms with Crippen LogP contribution in [0.3, 0.4) is 0 Å². The smallest absolute Gasteiger partial charge is 0.130 e. The fourth-order valence-electron chi connectivity index (χ4n) is 1.25. The van der Waals surface area contributed by atoms with Crippen molar-refractivity contribution in [3.05, 3.63) is 23.8 Å². The van der Waals surface area contributed by atoms with Gasteiger partial charge < -0.3 is 14.8 Å². The first-order chi connectivity index (χ1) is 7.86. The molecule has 90 valence electrons. The summed E-state index contributed by atoms with van der Waals surface area (Å²) in [5.41, 5.74) is 1.00. The Labute approximate surface area is 96.2 Å². The first kappa shape index (κ1) is 13.0. The number of ether oxygens (including phenoxy) is 2. The largest absolute Gasteiger partial charge is 0.382 e. The SMILES string of the molecule is CNCc1ccnc(CCOCCOC)n1. The van der Waals surface area contributed by atoms with Gasteiger partial charge in [-0.25, -0.2) is 9.97 Å². The Morgan fingerprint density at radius 3 is 2.94 bits per heavy atom. The first-order valence-corrected chi connectivity index (χ1v) is 5.39. The summed E-state index contributed by atoms with van der Waals surface area (Å²) in [6.07, 6.45) is 2.52. The average Bonchev–Trinajstić information content (AvgIpc) is 2.30. The molecule has 0 aromatic carbocycles. The minimum Gasteiger partial charge on any atom is -0.382 e. The van der Waals surface area contributed by atoms with Gasteiger partial charge >= 0.3 is 0 Å². The number of hydrogen-bond donors (Lipinski definition) is 1. The second-order valence-electron chi connectivity index (χ2n) is 3.35. The fourth-order valence-corrected chi connectivity index (χ4v) is 1.25. The van der Waals surface area contributed by atoms with Crippen LogP contribution in [-0.4, -0.2) is 43.9 Å². The standard InChI is InChI=1S/C11H19N3O2/c1-12-9-10-3-5-13-11(14-10)4-6-16-8-7-15-2/h3,5,12H,4,6-9H2,1-2H3. The molecule has 16 heavy (non-hydrogen) atoms. The van der Waals surface area contributed by atoms with Crippen LogP contribution in [0.4, 0.5) is 0 Å². The summed E-state index contributed by atoms with van der Waals surface area (Å²) in [4.78, 5) is 8.58. The van der Waals surface area contributed by atoms with Crippen LogP contribution in [0, 0.1) is 0 Å². The summed E-state index contributed by atoms with van der Waals surface area (Å²) in [5.74, 6) is 0.824. The Morgan fingerprint density at radius 2 is 2.19 bits per heavy atom. The lowest BCUT2D eigenvalue weighted by atomic mass is 10.3. The summed E-state index contributed by atoms with van der Waals surface area (Å²) in [5, 5.41) is 3.06.